The summed E-state index contributed by atoms with van der Waals surface area (Å²) in [6.07, 6.45) is 1.59. The third-order valence-electron chi connectivity index (χ3n) is 3.92. The maximum atomic E-state index is 12.3. The van der Waals surface area contributed by atoms with Crippen molar-refractivity contribution >= 4 is 28.8 Å². The number of rotatable bonds is 6. The van der Waals surface area contributed by atoms with Crippen LogP contribution in [0.15, 0.2) is 66.9 Å². The molecule has 0 spiro atoms. The van der Waals surface area contributed by atoms with E-state index >= 15 is 0 Å². The molecule has 1 heterocycles. The normalized spacial score (nSPS) is 10.1. The maximum Gasteiger partial charge on any atom is 0.274 e. The first-order valence-electron chi connectivity index (χ1n) is 8.34. The predicted octanol–water partition coefficient (Wildman–Crippen LogP) is 4.29. The van der Waals surface area contributed by atoms with E-state index < -0.39 is 0 Å². The van der Waals surface area contributed by atoms with E-state index in [0.29, 0.717) is 16.9 Å². The second-order valence-corrected chi connectivity index (χ2v) is 5.87. The van der Waals surface area contributed by atoms with Crippen LogP contribution in [0.25, 0.3) is 0 Å². The summed E-state index contributed by atoms with van der Waals surface area (Å²) in [5.74, 6) is 0.450. The molecule has 0 aliphatic rings. The van der Waals surface area contributed by atoms with Crippen molar-refractivity contribution in [2.24, 2.45) is 0 Å². The molecule has 3 aromatic rings. The molecular formula is C21H19N3O3. The number of ether oxygens (including phenoxy) is 1. The quantitative estimate of drug-likeness (QED) is 0.640. The van der Waals surface area contributed by atoms with E-state index in [9.17, 15) is 9.59 Å². The van der Waals surface area contributed by atoms with Gasteiger partial charge in [0.1, 0.15) is 11.4 Å². The molecule has 0 unspecified atom stereocenters. The number of anilines is 3. The van der Waals surface area contributed by atoms with E-state index in [1.807, 2.05) is 12.1 Å². The number of hydrogen-bond acceptors (Lipinski definition) is 5. The molecule has 1 aromatic heterocycles. The van der Waals surface area contributed by atoms with Gasteiger partial charge in [-0.2, -0.15) is 0 Å². The van der Waals surface area contributed by atoms with E-state index in [1.165, 1.54) is 6.92 Å². The fraction of sp³-hybridized carbons (Fsp3) is 0.0952. The fourth-order valence-corrected chi connectivity index (χ4v) is 2.43. The number of carbonyl (C=O) groups excluding carboxylic acids is 2. The summed E-state index contributed by atoms with van der Waals surface area (Å²) in [5.41, 5.74) is 3.20. The number of amides is 1. The minimum atomic E-state index is -0.294. The molecule has 2 N–H and O–H groups in total. The highest BCUT2D eigenvalue weighted by atomic mass is 16.5. The molecule has 0 radical (unpaired) electrons. The van der Waals surface area contributed by atoms with Crippen LogP contribution in [0, 0.1) is 0 Å². The highest BCUT2D eigenvalue weighted by Crippen LogP contribution is 2.18. The first kappa shape index (κ1) is 18.1. The van der Waals surface area contributed by atoms with Crippen LogP contribution in [0.4, 0.5) is 17.1 Å². The third kappa shape index (κ3) is 4.70. The van der Waals surface area contributed by atoms with Crippen LogP contribution in [-0.2, 0) is 0 Å². The second kappa shape index (κ2) is 8.14. The van der Waals surface area contributed by atoms with Gasteiger partial charge in [0, 0.05) is 16.9 Å². The molecule has 0 aliphatic carbocycles. The van der Waals surface area contributed by atoms with E-state index in [1.54, 1.807) is 61.8 Å². The van der Waals surface area contributed by atoms with Crippen molar-refractivity contribution in [1.82, 2.24) is 4.98 Å². The number of ketones is 1. The van der Waals surface area contributed by atoms with E-state index in [0.717, 1.165) is 17.1 Å². The number of carbonyl (C=O) groups is 2. The molecule has 2 aromatic carbocycles. The van der Waals surface area contributed by atoms with E-state index in [2.05, 4.69) is 15.6 Å². The molecule has 1 amide bonds. The zero-order chi connectivity index (χ0) is 19.2. The number of hydrogen-bond donors (Lipinski definition) is 2. The van der Waals surface area contributed by atoms with Crippen LogP contribution < -0.4 is 15.4 Å². The number of nitrogens with one attached hydrogen (secondary N) is 2. The molecule has 0 bridgehead atoms. The largest absolute Gasteiger partial charge is 0.497 e. The molecule has 6 heteroatoms. The summed E-state index contributed by atoms with van der Waals surface area (Å²) in [7, 11) is 1.59. The predicted molar refractivity (Wildman–Crippen MR) is 105 cm³/mol. The Labute approximate surface area is 157 Å². The molecule has 0 aliphatic heterocycles. The van der Waals surface area contributed by atoms with Gasteiger partial charge in [-0.15, -0.1) is 0 Å². The van der Waals surface area contributed by atoms with Crippen molar-refractivity contribution in [2.45, 2.75) is 6.92 Å². The Morgan fingerprint density at radius 2 is 1.48 bits per heavy atom. The minimum absolute atomic E-state index is 0.0236. The molecule has 136 valence electrons. The number of benzene rings is 2. The maximum absolute atomic E-state index is 12.3. The van der Waals surface area contributed by atoms with Crippen LogP contribution >= 0.6 is 0 Å². The van der Waals surface area contributed by atoms with Crippen molar-refractivity contribution in [2.75, 3.05) is 17.7 Å². The first-order chi connectivity index (χ1) is 13.0. The summed E-state index contributed by atoms with van der Waals surface area (Å²) >= 11 is 0. The standard InChI is InChI=1S/C21H19N3O3/c1-14(25)15-3-5-16(6-4-15)23-18-9-12-20(22-13-18)21(26)24-17-7-10-19(27-2)11-8-17/h3-13,23H,1-2H3,(H,24,26). The molecule has 6 nitrogen and oxygen atoms in total. The molecule has 0 atom stereocenters. The number of methoxy groups -OCH3 is 1. The van der Waals surface area contributed by atoms with Crippen molar-refractivity contribution in [3.05, 3.63) is 78.1 Å². The summed E-state index contributed by atoms with van der Waals surface area (Å²) < 4.78 is 5.09. The smallest absolute Gasteiger partial charge is 0.274 e. The highest BCUT2D eigenvalue weighted by molar-refractivity contribution is 6.03. The van der Waals surface area contributed by atoms with Gasteiger partial charge in [0.15, 0.2) is 5.78 Å². The van der Waals surface area contributed by atoms with Crippen LogP contribution in [0.1, 0.15) is 27.8 Å². The average molecular weight is 361 g/mol. The lowest BCUT2D eigenvalue weighted by Crippen LogP contribution is -2.13. The molecule has 3 rings (SSSR count). The SMILES string of the molecule is COc1ccc(NC(=O)c2ccc(Nc3ccc(C(C)=O)cc3)cn2)cc1. The van der Waals surface area contributed by atoms with Gasteiger partial charge in [0.2, 0.25) is 0 Å². The van der Waals surface area contributed by atoms with Gasteiger partial charge < -0.3 is 15.4 Å². The van der Waals surface area contributed by atoms with E-state index in [4.69, 9.17) is 4.74 Å². The zero-order valence-corrected chi connectivity index (χ0v) is 15.0. The number of aromatic nitrogens is 1. The summed E-state index contributed by atoms with van der Waals surface area (Å²) in [4.78, 5) is 27.8. The molecular weight excluding hydrogens is 342 g/mol. The highest BCUT2D eigenvalue weighted by Gasteiger charge is 2.08. The Balaban J connectivity index is 1.63. The van der Waals surface area contributed by atoms with Gasteiger partial charge in [-0.05, 0) is 67.6 Å². The number of Topliss-reactive ketones (excluding diaryl/α,β-unsaturated/α-hetero) is 1. The Morgan fingerprint density at radius 3 is 2.04 bits per heavy atom. The first-order valence-corrected chi connectivity index (χ1v) is 8.34. The lowest BCUT2D eigenvalue weighted by molar-refractivity contribution is 0.101. The number of nitrogens with zero attached hydrogens (tertiary/aromatic N) is 1. The van der Waals surface area contributed by atoms with Gasteiger partial charge in [0.05, 0.1) is 19.0 Å². The number of pyridine rings is 1. The average Bonchev–Trinajstić information content (AvgIpc) is 2.69. The fourth-order valence-electron chi connectivity index (χ4n) is 2.43. The monoisotopic (exact) mass is 361 g/mol. The van der Waals surface area contributed by atoms with Crippen LogP contribution in [0.5, 0.6) is 5.75 Å². The summed E-state index contributed by atoms with van der Waals surface area (Å²) in [6, 6.07) is 17.6. The van der Waals surface area contributed by atoms with Crippen molar-refractivity contribution < 1.29 is 14.3 Å². The Bertz CT molecular complexity index is 934. The Kier molecular flexibility index (Phi) is 5.47. The van der Waals surface area contributed by atoms with Gasteiger partial charge in [-0.1, -0.05) is 0 Å². The van der Waals surface area contributed by atoms with E-state index in [-0.39, 0.29) is 11.7 Å². The van der Waals surface area contributed by atoms with Gasteiger partial charge in [-0.3, -0.25) is 9.59 Å². The molecule has 0 fully saturated rings. The topological polar surface area (TPSA) is 80.3 Å². The lowest BCUT2D eigenvalue weighted by atomic mass is 10.1. The molecule has 27 heavy (non-hydrogen) atoms. The third-order valence-corrected chi connectivity index (χ3v) is 3.92. The van der Waals surface area contributed by atoms with Crippen molar-refractivity contribution in [1.29, 1.82) is 0 Å². The summed E-state index contributed by atoms with van der Waals surface area (Å²) in [6.45, 7) is 1.53. The van der Waals surface area contributed by atoms with Crippen molar-refractivity contribution in [3.8, 4) is 5.75 Å². The zero-order valence-electron chi connectivity index (χ0n) is 15.0. The van der Waals surface area contributed by atoms with Gasteiger partial charge in [0.25, 0.3) is 5.91 Å². The van der Waals surface area contributed by atoms with Crippen molar-refractivity contribution in [3.63, 3.8) is 0 Å². The van der Waals surface area contributed by atoms with Gasteiger partial charge in [-0.25, -0.2) is 4.98 Å². The molecule has 0 saturated carbocycles. The minimum Gasteiger partial charge on any atom is -0.497 e. The van der Waals surface area contributed by atoms with Crippen LogP contribution in [0.3, 0.4) is 0 Å². The van der Waals surface area contributed by atoms with Crippen LogP contribution in [0.2, 0.25) is 0 Å². The second-order valence-electron chi connectivity index (χ2n) is 5.87. The summed E-state index contributed by atoms with van der Waals surface area (Å²) in [5, 5.41) is 5.97. The van der Waals surface area contributed by atoms with Crippen LogP contribution in [-0.4, -0.2) is 23.8 Å². The Hall–Kier alpha value is -3.67. The lowest BCUT2D eigenvalue weighted by Gasteiger charge is -2.08. The van der Waals surface area contributed by atoms with Gasteiger partial charge >= 0.3 is 0 Å². The molecule has 0 saturated heterocycles. The Morgan fingerprint density at radius 1 is 0.852 bits per heavy atom.